The van der Waals surface area contributed by atoms with Crippen LogP contribution in [0.15, 0.2) is 52.4 Å². The number of nitrogens with one attached hydrogen (secondary N) is 1. The second-order valence-electron chi connectivity index (χ2n) is 6.13. The number of H-pyrrole nitrogens is 1. The highest BCUT2D eigenvalue weighted by atomic mass is 32.2. The highest BCUT2D eigenvalue weighted by molar-refractivity contribution is 8.00. The van der Waals surface area contributed by atoms with Gasteiger partial charge in [-0.25, -0.2) is 0 Å². The Morgan fingerprint density at radius 1 is 1.27 bits per heavy atom. The molecule has 3 heterocycles. The summed E-state index contributed by atoms with van der Waals surface area (Å²) in [6.07, 6.45) is 3.41. The van der Waals surface area contributed by atoms with Crippen molar-refractivity contribution in [2.24, 2.45) is 7.05 Å². The fourth-order valence-corrected chi connectivity index (χ4v) is 3.86. The zero-order chi connectivity index (χ0) is 18.3. The van der Waals surface area contributed by atoms with E-state index in [1.165, 1.54) is 11.8 Å². The number of furan rings is 1. The van der Waals surface area contributed by atoms with Crippen LogP contribution in [0.5, 0.6) is 0 Å². The summed E-state index contributed by atoms with van der Waals surface area (Å²) in [5.74, 6) is 1.59. The lowest BCUT2D eigenvalue weighted by atomic mass is 10.1. The molecule has 0 aliphatic heterocycles. The monoisotopic (exact) mass is 366 g/mol. The zero-order valence-electron chi connectivity index (χ0n) is 14.7. The standard InChI is InChI=1S/C19H18N4O2S/c1-11-13(8-9-25-11)18-21-22-19(23(18)3)26-12(2)17(24)15-10-20-16-7-5-4-6-14(15)16/h4-10,12,20H,1-3H3/t12-/m1/s1. The van der Waals surface area contributed by atoms with Gasteiger partial charge in [-0.05, 0) is 26.0 Å². The summed E-state index contributed by atoms with van der Waals surface area (Å²) in [5, 5.41) is 9.87. The van der Waals surface area contributed by atoms with E-state index in [1.54, 1.807) is 12.5 Å². The summed E-state index contributed by atoms with van der Waals surface area (Å²) in [5.41, 5.74) is 2.57. The van der Waals surface area contributed by atoms with E-state index in [0.29, 0.717) is 10.7 Å². The third kappa shape index (κ3) is 2.74. The van der Waals surface area contributed by atoms with Crippen molar-refractivity contribution in [3.8, 4) is 11.4 Å². The molecular weight excluding hydrogens is 348 g/mol. The van der Waals surface area contributed by atoms with Crippen molar-refractivity contribution in [1.29, 1.82) is 0 Å². The number of para-hydroxylation sites is 1. The molecule has 0 spiro atoms. The van der Waals surface area contributed by atoms with E-state index >= 15 is 0 Å². The maximum Gasteiger partial charge on any atom is 0.191 e. The molecule has 0 unspecified atom stereocenters. The number of hydrogen-bond acceptors (Lipinski definition) is 5. The first-order chi connectivity index (χ1) is 12.6. The van der Waals surface area contributed by atoms with Crippen molar-refractivity contribution in [2.75, 3.05) is 0 Å². The van der Waals surface area contributed by atoms with Crippen molar-refractivity contribution in [3.05, 3.63) is 54.1 Å². The largest absolute Gasteiger partial charge is 0.469 e. The number of aryl methyl sites for hydroxylation is 1. The number of carbonyl (C=O) groups excluding carboxylic acids is 1. The number of aromatic nitrogens is 4. The lowest BCUT2D eigenvalue weighted by molar-refractivity contribution is 0.0995. The molecule has 0 amide bonds. The van der Waals surface area contributed by atoms with Crippen molar-refractivity contribution in [1.82, 2.24) is 19.7 Å². The molecular formula is C19H18N4O2S. The van der Waals surface area contributed by atoms with Gasteiger partial charge in [0.1, 0.15) is 5.76 Å². The Labute approximate surface area is 154 Å². The number of ketones is 1. The summed E-state index contributed by atoms with van der Waals surface area (Å²) in [6, 6.07) is 9.68. The third-order valence-electron chi connectivity index (χ3n) is 4.44. The molecule has 26 heavy (non-hydrogen) atoms. The molecule has 0 fully saturated rings. The van der Waals surface area contributed by atoms with E-state index in [-0.39, 0.29) is 11.0 Å². The van der Waals surface area contributed by atoms with Crippen LogP contribution in [-0.2, 0) is 7.05 Å². The van der Waals surface area contributed by atoms with Gasteiger partial charge in [0.25, 0.3) is 0 Å². The quantitative estimate of drug-likeness (QED) is 0.422. The van der Waals surface area contributed by atoms with Gasteiger partial charge in [-0.3, -0.25) is 4.79 Å². The van der Waals surface area contributed by atoms with Gasteiger partial charge in [0.2, 0.25) is 0 Å². The van der Waals surface area contributed by atoms with Crippen LogP contribution in [-0.4, -0.2) is 30.8 Å². The number of benzene rings is 1. The topological polar surface area (TPSA) is 76.7 Å². The molecule has 7 heteroatoms. The van der Waals surface area contributed by atoms with E-state index in [9.17, 15) is 4.79 Å². The predicted molar refractivity (Wildman–Crippen MR) is 101 cm³/mol. The molecule has 1 aromatic carbocycles. The SMILES string of the molecule is Cc1occc1-c1nnc(S[C@H](C)C(=O)c2c[nH]c3ccccc23)n1C. The van der Waals surface area contributed by atoms with E-state index in [0.717, 1.165) is 28.1 Å². The van der Waals surface area contributed by atoms with Crippen molar-refractivity contribution in [2.45, 2.75) is 24.3 Å². The molecule has 0 radical (unpaired) electrons. The Hall–Kier alpha value is -2.80. The van der Waals surface area contributed by atoms with Crippen molar-refractivity contribution < 1.29 is 9.21 Å². The molecule has 0 aliphatic rings. The minimum atomic E-state index is -0.282. The number of rotatable bonds is 5. The number of carbonyl (C=O) groups is 1. The Morgan fingerprint density at radius 2 is 2.08 bits per heavy atom. The number of aromatic amines is 1. The molecule has 0 saturated heterocycles. The van der Waals surface area contributed by atoms with E-state index in [1.807, 2.05) is 55.8 Å². The molecule has 1 N–H and O–H groups in total. The molecule has 0 bridgehead atoms. The highest BCUT2D eigenvalue weighted by Crippen LogP contribution is 2.30. The molecule has 4 aromatic rings. The van der Waals surface area contributed by atoms with Crippen LogP contribution in [0.1, 0.15) is 23.0 Å². The second kappa shape index (κ2) is 6.49. The Kier molecular flexibility index (Phi) is 4.16. The van der Waals surface area contributed by atoms with Crippen LogP contribution in [0.25, 0.3) is 22.3 Å². The smallest absolute Gasteiger partial charge is 0.191 e. The summed E-state index contributed by atoms with van der Waals surface area (Å²) in [7, 11) is 1.90. The van der Waals surface area contributed by atoms with Gasteiger partial charge in [0.15, 0.2) is 16.8 Å². The van der Waals surface area contributed by atoms with Gasteiger partial charge in [-0.2, -0.15) is 0 Å². The van der Waals surface area contributed by atoms with Crippen LogP contribution in [0.2, 0.25) is 0 Å². The summed E-state index contributed by atoms with van der Waals surface area (Å²) < 4.78 is 7.24. The van der Waals surface area contributed by atoms with E-state index in [4.69, 9.17) is 4.42 Å². The number of hydrogen-bond donors (Lipinski definition) is 1. The first-order valence-corrected chi connectivity index (χ1v) is 9.15. The highest BCUT2D eigenvalue weighted by Gasteiger charge is 2.23. The van der Waals surface area contributed by atoms with Gasteiger partial charge < -0.3 is 14.0 Å². The first-order valence-electron chi connectivity index (χ1n) is 8.27. The molecule has 0 aliphatic carbocycles. The third-order valence-corrected chi connectivity index (χ3v) is 5.57. The number of thioether (sulfide) groups is 1. The lowest BCUT2D eigenvalue weighted by Crippen LogP contribution is -2.14. The van der Waals surface area contributed by atoms with Gasteiger partial charge >= 0.3 is 0 Å². The normalized spacial score (nSPS) is 12.6. The number of nitrogens with zero attached hydrogens (tertiary/aromatic N) is 3. The van der Waals surface area contributed by atoms with E-state index in [2.05, 4.69) is 15.2 Å². The molecule has 132 valence electrons. The molecule has 1 atom stereocenters. The second-order valence-corrected chi connectivity index (χ2v) is 7.44. The molecule has 6 nitrogen and oxygen atoms in total. The van der Waals surface area contributed by atoms with Crippen LogP contribution >= 0.6 is 11.8 Å². The fourth-order valence-electron chi connectivity index (χ4n) is 2.98. The van der Waals surface area contributed by atoms with Crippen LogP contribution < -0.4 is 0 Å². The minimum Gasteiger partial charge on any atom is -0.469 e. The molecule has 3 aromatic heterocycles. The maximum absolute atomic E-state index is 12.9. The number of Topliss-reactive ketones (excluding diaryl/α,β-unsaturated/α-hetero) is 1. The Balaban J connectivity index is 1.59. The van der Waals surface area contributed by atoms with Crippen molar-refractivity contribution >= 4 is 28.4 Å². The Morgan fingerprint density at radius 3 is 2.85 bits per heavy atom. The molecule has 0 saturated carbocycles. The summed E-state index contributed by atoms with van der Waals surface area (Å²) in [6.45, 7) is 3.78. The van der Waals surface area contributed by atoms with E-state index < -0.39 is 0 Å². The summed E-state index contributed by atoms with van der Waals surface area (Å²) in [4.78, 5) is 16.1. The Bertz CT molecular complexity index is 1090. The van der Waals surface area contributed by atoms with Gasteiger partial charge in [0.05, 0.1) is 17.1 Å². The van der Waals surface area contributed by atoms with Crippen LogP contribution in [0, 0.1) is 6.92 Å². The van der Waals surface area contributed by atoms with Crippen molar-refractivity contribution in [3.63, 3.8) is 0 Å². The lowest BCUT2D eigenvalue weighted by Gasteiger charge is -2.09. The van der Waals surface area contributed by atoms with Crippen LogP contribution in [0.3, 0.4) is 0 Å². The zero-order valence-corrected chi connectivity index (χ0v) is 15.5. The average molecular weight is 366 g/mol. The van der Waals surface area contributed by atoms with Crippen LogP contribution in [0.4, 0.5) is 0 Å². The molecule has 4 rings (SSSR count). The average Bonchev–Trinajstić information content (AvgIpc) is 3.34. The van der Waals surface area contributed by atoms with Gasteiger partial charge in [-0.1, -0.05) is 30.0 Å². The fraction of sp³-hybridized carbons (Fsp3) is 0.211. The summed E-state index contributed by atoms with van der Waals surface area (Å²) >= 11 is 1.40. The minimum absolute atomic E-state index is 0.0662. The van der Waals surface area contributed by atoms with Gasteiger partial charge in [-0.15, -0.1) is 10.2 Å². The first kappa shape index (κ1) is 16.7. The maximum atomic E-state index is 12.9. The van der Waals surface area contributed by atoms with Gasteiger partial charge in [0, 0.05) is 29.7 Å². The number of fused-ring (bicyclic) bond motifs is 1. The predicted octanol–water partition coefficient (Wildman–Crippen LogP) is 4.23.